The quantitative estimate of drug-likeness (QED) is 0.783. The average molecular weight is 324 g/mol. The van der Waals surface area contributed by atoms with Crippen molar-refractivity contribution in [3.63, 3.8) is 0 Å². The van der Waals surface area contributed by atoms with Gasteiger partial charge in [-0.1, -0.05) is 23.8 Å². The van der Waals surface area contributed by atoms with E-state index in [9.17, 15) is 4.79 Å². The summed E-state index contributed by atoms with van der Waals surface area (Å²) in [5.74, 6) is 1.15. The van der Waals surface area contributed by atoms with Crippen molar-refractivity contribution in [2.45, 2.75) is 32.9 Å². The summed E-state index contributed by atoms with van der Waals surface area (Å²) in [5, 5.41) is 11.2. The van der Waals surface area contributed by atoms with Gasteiger partial charge in [-0.15, -0.1) is 10.2 Å². The van der Waals surface area contributed by atoms with Crippen molar-refractivity contribution >= 4 is 11.6 Å². The number of rotatable bonds is 5. The standard InChI is InChI=1S/C18H20N4O2/c1-12-7-9-15(10-8-12)24-14(3)18(23)19-13(2)17-21-20-16-6-4-5-11-22(16)17/h4-11,13-14H,1-3H3,(H,19,23). The van der Waals surface area contributed by atoms with Crippen molar-refractivity contribution in [3.05, 3.63) is 60.0 Å². The van der Waals surface area contributed by atoms with Gasteiger partial charge in [-0.05, 0) is 45.0 Å². The van der Waals surface area contributed by atoms with E-state index in [4.69, 9.17) is 4.74 Å². The molecule has 0 bridgehead atoms. The molecule has 1 N–H and O–H groups in total. The van der Waals surface area contributed by atoms with Gasteiger partial charge in [0, 0.05) is 6.20 Å². The predicted octanol–water partition coefficient (Wildman–Crippen LogP) is 2.68. The van der Waals surface area contributed by atoms with Gasteiger partial charge in [0.25, 0.3) is 5.91 Å². The van der Waals surface area contributed by atoms with Gasteiger partial charge in [-0.2, -0.15) is 0 Å². The highest BCUT2D eigenvalue weighted by atomic mass is 16.5. The lowest BCUT2D eigenvalue weighted by Gasteiger charge is -2.18. The number of carbonyl (C=O) groups is 1. The molecule has 2 heterocycles. The number of fused-ring (bicyclic) bond motifs is 1. The summed E-state index contributed by atoms with van der Waals surface area (Å²) in [6.45, 7) is 5.61. The maximum absolute atomic E-state index is 12.4. The number of benzene rings is 1. The monoisotopic (exact) mass is 324 g/mol. The Kier molecular flexibility index (Phi) is 4.46. The highest BCUT2D eigenvalue weighted by Gasteiger charge is 2.20. The van der Waals surface area contributed by atoms with Gasteiger partial charge in [0.15, 0.2) is 17.6 Å². The molecular formula is C18H20N4O2. The molecule has 0 radical (unpaired) electrons. The third kappa shape index (κ3) is 3.37. The molecule has 3 aromatic rings. The summed E-state index contributed by atoms with van der Waals surface area (Å²) in [5.41, 5.74) is 1.89. The van der Waals surface area contributed by atoms with Crippen LogP contribution < -0.4 is 10.1 Å². The first-order valence-corrected chi connectivity index (χ1v) is 7.88. The highest BCUT2D eigenvalue weighted by Crippen LogP contribution is 2.15. The van der Waals surface area contributed by atoms with Crippen molar-refractivity contribution in [2.24, 2.45) is 0 Å². The number of ether oxygens (including phenoxy) is 1. The lowest BCUT2D eigenvalue weighted by Crippen LogP contribution is -2.38. The number of hydrogen-bond acceptors (Lipinski definition) is 4. The van der Waals surface area contributed by atoms with Crippen LogP contribution in [0.25, 0.3) is 5.65 Å². The summed E-state index contributed by atoms with van der Waals surface area (Å²) >= 11 is 0. The van der Waals surface area contributed by atoms with Gasteiger partial charge in [-0.3, -0.25) is 9.20 Å². The first kappa shape index (κ1) is 16.0. The Labute approximate surface area is 140 Å². The number of nitrogens with one attached hydrogen (secondary N) is 1. The van der Waals surface area contributed by atoms with Crippen molar-refractivity contribution in [2.75, 3.05) is 0 Å². The first-order valence-electron chi connectivity index (χ1n) is 7.88. The summed E-state index contributed by atoms with van der Waals surface area (Å²) in [4.78, 5) is 12.4. The second kappa shape index (κ2) is 6.70. The molecule has 0 aliphatic rings. The summed E-state index contributed by atoms with van der Waals surface area (Å²) < 4.78 is 7.54. The number of aryl methyl sites for hydroxylation is 1. The second-order valence-corrected chi connectivity index (χ2v) is 5.79. The number of carbonyl (C=O) groups excluding carboxylic acids is 1. The minimum atomic E-state index is -0.602. The molecule has 0 aliphatic heterocycles. The molecule has 124 valence electrons. The molecule has 6 heteroatoms. The molecule has 1 amide bonds. The van der Waals surface area contributed by atoms with Crippen molar-refractivity contribution in [3.8, 4) is 5.75 Å². The van der Waals surface area contributed by atoms with E-state index in [1.54, 1.807) is 6.92 Å². The molecule has 24 heavy (non-hydrogen) atoms. The van der Waals surface area contributed by atoms with Gasteiger partial charge >= 0.3 is 0 Å². The van der Waals surface area contributed by atoms with E-state index in [0.29, 0.717) is 11.6 Å². The zero-order chi connectivity index (χ0) is 17.1. The maximum Gasteiger partial charge on any atom is 0.261 e. The minimum absolute atomic E-state index is 0.198. The van der Waals surface area contributed by atoms with Crippen LogP contribution >= 0.6 is 0 Å². The SMILES string of the molecule is Cc1ccc(OC(C)C(=O)NC(C)c2nnc3ccccn23)cc1. The number of amides is 1. The van der Waals surface area contributed by atoms with Crippen LogP contribution in [0, 0.1) is 6.92 Å². The van der Waals surface area contributed by atoms with E-state index in [0.717, 1.165) is 11.2 Å². The van der Waals surface area contributed by atoms with Gasteiger partial charge in [0.2, 0.25) is 0 Å². The van der Waals surface area contributed by atoms with Crippen LogP contribution in [0.1, 0.15) is 31.3 Å². The maximum atomic E-state index is 12.4. The van der Waals surface area contributed by atoms with Gasteiger partial charge in [-0.25, -0.2) is 0 Å². The number of pyridine rings is 1. The molecule has 0 aliphatic carbocycles. The number of aromatic nitrogens is 3. The molecule has 3 rings (SSSR count). The Hall–Kier alpha value is -2.89. The van der Waals surface area contributed by atoms with Crippen LogP contribution in [0.3, 0.4) is 0 Å². The fourth-order valence-corrected chi connectivity index (χ4v) is 2.42. The van der Waals surface area contributed by atoms with Crippen LogP contribution in [0.5, 0.6) is 5.75 Å². The Balaban J connectivity index is 1.66. The fourth-order valence-electron chi connectivity index (χ4n) is 2.42. The van der Waals surface area contributed by atoms with Crippen molar-refractivity contribution < 1.29 is 9.53 Å². The fraction of sp³-hybridized carbons (Fsp3) is 0.278. The Morgan fingerprint density at radius 3 is 2.62 bits per heavy atom. The van der Waals surface area contributed by atoms with Crippen molar-refractivity contribution in [1.29, 1.82) is 0 Å². The van der Waals surface area contributed by atoms with E-state index in [1.165, 1.54) is 0 Å². The molecule has 2 atom stereocenters. The smallest absolute Gasteiger partial charge is 0.261 e. The molecule has 1 aromatic carbocycles. The second-order valence-electron chi connectivity index (χ2n) is 5.79. The third-order valence-corrected chi connectivity index (χ3v) is 3.79. The van der Waals surface area contributed by atoms with Crippen LogP contribution in [0.15, 0.2) is 48.7 Å². The lowest BCUT2D eigenvalue weighted by atomic mass is 10.2. The van der Waals surface area contributed by atoms with E-state index < -0.39 is 6.10 Å². The Bertz CT molecular complexity index is 842. The van der Waals surface area contributed by atoms with E-state index in [2.05, 4.69) is 15.5 Å². The van der Waals surface area contributed by atoms with E-state index in [1.807, 2.05) is 66.9 Å². The predicted molar refractivity (Wildman–Crippen MR) is 90.8 cm³/mol. The number of hydrogen-bond donors (Lipinski definition) is 1. The molecule has 2 unspecified atom stereocenters. The normalized spacial score (nSPS) is 13.5. The minimum Gasteiger partial charge on any atom is -0.481 e. The molecule has 6 nitrogen and oxygen atoms in total. The summed E-state index contributed by atoms with van der Waals surface area (Å²) in [6, 6.07) is 13.0. The largest absolute Gasteiger partial charge is 0.481 e. The van der Waals surface area contributed by atoms with Crippen LogP contribution in [-0.4, -0.2) is 26.6 Å². The highest BCUT2D eigenvalue weighted by molar-refractivity contribution is 5.81. The van der Waals surface area contributed by atoms with Crippen LogP contribution in [-0.2, 0) is 4.79 Å². The van der Waals surface area contributed by atoms with Gasteiger partial charge in [0.1, 0.15) is 5.75 Å². The lowest BCUT2D eigenvalue weighted by molar-refractivity contribution is -0.128. The van der Waals surface area contributed by atoms with Gasteiger partial charge in [0.05, 0.1) is 6.04 Å². The zero-order valence-electron chi connectivity index (χ0n) is 13.9. The topological polar surface area (TPSA) is 68.5 Å². The van der Waals surface area contributed by atoms with Crippen LogP contribution in [0.4, 0.5) is 0 Å². The Morgan fingerprint density at radius 1 is 1.12 bits per heavy atom. The average Bonchev–Trinajstić information content (AvgIpc) is 3.01. The van der Waals surface area contributed by atoms with E-state index in [-0.39, 0.29) is 11.9 Å². The molecule has 0 saturated heterocycles. The van der Waals surface area contributed by atoms with Gasteiger partial charge < -0.3 is 10.1 Å². The summed E-state index contributed by atoms with van der Waals surface area (Å²) in [6.07, 6.45) is 1.27. The molecule has 2 aromatic heterocycles. The molecule has 0 fully saturated rings. The number of nitrogens with zero attached hydrogens (tertiary/aromatic N) is 3. The summed E-state index contributed by atoms with van der Waals surface area (Å²) in [7, 11) is 0. The van der Waals surface area contributed by atoms with Crippen LogP contribution in [0.2, 0.25) is 0 Å². The molecule has 0 saturated carbocycles. The first-order chi connectivity index (χ1) is 11.5. The molecule has 0 spiro atoms. The van der Waals surface area contributed by atoms with E-state index >= 15 is 0 Å². The molecular weight excluding hydrogens is 304 g/mol. The zero-order valence-corrected chi connectivity index (χ0v) is 13.9. The van der Waals surface area contributed by atoms with Crippen molar-refractivity contribution in [1.82, 2.24) is 19.9 Å². The third-order valence-electron chi connectivity index (χ3n) is 3.79. The Morgan fingerprint density at radius 2 is 1.88 bits per heavy atom.